The minimum Gasteiger partial charge on any atom is -0.367 e. The van der Waals surface area contributed by atoms with E-state index in [9.17, 15) is 4.79 Å². The Morgan fingerprint density at radius 2 is 1.88 bits per heavy atom. The third-order valence-electron chi connectivity index (χ3n) is 5.56. The number of nitrogens with one attached hydrogen (secondary N) is 1. The quantitative estimate of drug-likeness (QED) is 0.926. The van der Waals surface area contributed by atoms with Crippen molar-refractivity contribution in [2.45, 2.75) is 69.9 Å². The van der Waals surface area contributed by atoms with Crippen LogP contribution in [0.3, 0.4) is 0 Å². The van der Waals surface area contributed by atoms with Gasteiger partial charge in [-0.1, -0.05) is 6.42 Å². The molecule has 0 bridgehead atoms. The van der Waals surface area contributed by atoms with E-state index in [0.717, 1.165) is 37.2 Å². The molecular weight excluding hydrogens is 314 g/mol. The highest BCUT2D eigenvalue weighted by Crippen LogP contribution is 2.36. The fourth-order valence-electron chi connectivity index (χ4n) is 3.83. The van der Waals surface area contributed by atoms with Gasteiger partial charge < -0.3 is 5.32 Å². The topological polar surface area (TPSA) is 72.7 Å². The van der Waals surface area contributed by atoms with Crippen LogP contribution in [-0.4, -0.2) is 25.8 Å². The van der Waals surface area contributed by atoms with Crippen molar-refractivity contribution >= 4 is 5.82 Å². The highest BCUT2D eigenvalue weighted by molar-refractivity contribution is 5.37. The molecule has 0 saturated heterocycles. The molecule has 1 N–H and O–H groups in total. The van der Waals surface area contributed by atoms with Crippen molar-refractivity contribution in [2.75, 3.05) is 5.32 Å². The number of anilines is 1. The van der Waals surface area contributed by atoms with Crippen LogP contribution in [0.25, 0.3) is 0 Å². The van der Waals surface area contributed by atoms with Crippen LogP contribution in [-0.2, 0) is 0 Å². The molecule has 25 heavy (non-hydrogen) atoms. The first-order valence-corrected chi connectivity index (χ1v) is 9.34. The average molecular weight is 339 g/mol. The maximum absolute atomic E-state index is 12.0. The molecule has 0 amide bonds. The Hall–Kier alpha value is -2.24. The van der Waals surface area contributed by atoms with Gasteiger partial charge in [0.25, 0.3) is 5.56 Å². The number of hydrogen-bond acceptors (Lipinski definition) is 5. The molecule has 2 heterocycles. The second kappa shape index (κ2) is 6.94. The van der Waals surface area contributed by atoms with Crippen molar-refractivity contribution in [1.29, 1.82) is 0 Å². The van der Waals surface area contributed by atoms with Crippen molar-refractivity contribution in [3.8, 4) is 0 Å². The first kappa shape index (κ1) is 16.2. The molecule has 2 fully saturated rings. The van der Waals surface area contributed by atoms with Gasteiger partial charge in [-0.2, -0.15) is 5.10 Å². The Labute approximate surface area is 147 Å². The third kappa shape index (κ3) is 3.57. The lowest BCUT2D eigenvalue weighted by Crippen LogP contribution is -2.33. The van der Waals surface area contributed by atoms with Gasteiger partial charge >= 0.3 is 0 Å². The van der Waals surface area contributed by atoms with Crippen LogP contribution in [0.4, 0.5) is 5.82 Å². The SMILES string of the molecule is Cc1ccc(=O)n(C2CCC(Nc3cc(C4CCC4)ncn3)CC2)n1. The lowest BCUT2D eigenvalue weighted by Gasteiger charge is -2.30. The third-order valence-corrected chi connectivity index (χ3v) is 5.56. The van der Waals surface area contributed by atoms with E-state index in [-0.39, 0.29) is 11.6 Å². The molecule has 4 rings (SSSR count). The van der Waals surface area contributed by atoms with Gasteiger partial charge in [0, 0.05) is 29.8 Å². The zero-order chi connectivity index (χ0) is 17.2. The predicted molar refractivity (Wildman–Crippen MR) is 96.8 cm³/mol. The highest BCUT2D eigenvalue weighted by atomic mass is 16.1. The maximum Gasteiger partial charge on any atom is 0.267 e. The number of hydrogen-bond donors (Lipinski definition) is 1. The van der Waals surface area contributed by atoms with E-state index >= 15 is 0 Å². The minimum absolute atomic E-state index is 0.00273. The number of aryl methyl sites for hydroxylation is 1. The Bertz CT molecular complexity index is 790. The Morgan fingerprint density at radius 3 is 2.60 bits per heavy atom. The largest absolute Gasteiger partial charge is 0.367 e. The van der Waals surface area contributed by atoms with E-state index in [4.69, 9.17) is 0 Å². The van der Waals surface area contributed by atoms with E-state index in [0.29, 0.717) is 12.0 Å². The van der Waals surface area contributed by atoms with Crippen molar-refractivity contribution < 1.29 is 0 Å². The summed E-state index contributed by atoms with van der Waals surface area (Å²) in [4.78, 5) is 20.9. The molecule has 2 aromatic rings. The molecule has 0 aromatic carbocycles. The molecule has 2 aliphatic carbocycles. The van der Waals surface area contributed by atoms with E-state index in [1.165, 1.54) is 25.0 Å². The summed E-state index contributed by atoms with van der Waals surface area (Å²) < 4.78 is 1.67. The first-order chi connectivity index (χ1) is 12.2. The van der Waals surface area contributed by atoms with Crippen molar-refractivity contribution in [3.05, 3.63) is 46.3 Å². The summed E-state index contributed by atoms with van der Waals surface area (Å²) >= 11 is 0. The van der Waals surface area contributed by atoms with E-state index in [1.807, 2.05) is 6.92 Å². The second-order valence-electron chi connectivity index (χ2n) is 7.36. The van der Waals surface area contributed by atoms with Crippen LogP contribution in [0.1, 0.15) is 68.3 Å². The van der Waals surface area contributed by atoms with E-state index < -0.39 is 0 Å². The van der Waals surface area contributed by atoms with E-state index in [2.05, 4.69) is 26.4 Å². The van der Waals surface area contributed by atoms with Gasteiger partial charge in [-0.3, -0.25) is 4.79 Å². The minimum atomic E-state index is 0.00273. The van der Waals surface area contributed by atoms with E-state index in [1.54, 1.807) is 23.1 Å². The Morgan fingerprint density at radius 1 is 1.08 bits per heavy atom. The number of rotatable bonds is 4. The predicted octanol–water partition coefficient (Wildman–Crippen LogP) is 3.21. The fraction of sp³-hybridized carbons (Fsp3) is 0.579. The smallest absolute Gasteiger partial charge is 0.267 e. The van der Waals surface area contributed by atoms with Crippen LogP contribution in [0.5, 0.6) is 0 Å². The van der Waals surface area contributed by atoms with Crippen LogP contribution >= 0.6 is 0 Å². The molecule has 0 radical (unpaired) electrons. The lowest BCUT2D eigenvalue weighted by atomic mass is 9.83. The van der Waals surface area contributed by atoms with Gasteiger partial charge in [0.15, 0.2) is 0 Å². The van der Waals surface area contributed by atoms with Crippen LogP contribution in [0, 0.1) is 6.92 Å². The number of aromatic nitrogens is 4. The van der Waals surface area contributed by atoms with Gasteiger partial charge in [-0.05, 0) is 51.5 Å². The monoisotopic (exact) mass is 339 g/mol. The lowest BCUT2D eigenvalue weighted by molar-refractivity contribution is 0.302. The van der Waals surface area contributed by atoms with Crippen LogP contribution < -0.4 is 10.9 Å². The molecule has 0 atom stereocenters. The van der Waals surface area contributed by atoms with Gasteiger partial charge in [-0.25, -0.2) is 14.6 Å². The zero-order valence-electron chi connectivity index (χ0n) is 14.7. The van der Waals surface area contributed by atoms with Gasteiger partial charge in [-0.15, -0.1) is 0 Å². The summed E-state index contributed by atoms with van der Waals surface area (Å²) in [7, 11) is 0. The van der Waals surface area contributed by atoms with Gasteiger partial charge in [0.05, 0.1) is 11.7 Å². The second-order valence-corrected chi connectivity index (χ2v) is 7.36. The molecule has 2 saturated carbocycles. The molecule has 2 aromatic heterocycles. The first-order valence-electron chi connectivity index (χ1n) is 9.34. The summed E-state index contributed by atoms with van der Waals surface area (Å²) in [5.41, 5.74) is 2.07. The summed E-state index contributed by atoms with van der Waals surface area (Å²) in [6.45, 7) is 1.93. The Balaban J connectivity index is 1.37. The normalized spacial score (nSPS) is 23.9. The molecule has 6 nitrogen and oxygen atoms in total. The zero-order valence-corrected chi connectivity index (χ0v) is 14.7. The maximum atomic E-state index is 12.0. The molecule has 0 spiro atoms. The van der Waals surface area contributed by atoms with Crippen molar-refractivity contribution in [1.82, 2.24) is 19.7 Å². The molecule has 2 aliphatic rings. The average Bonchev–Trinajstić information content (AvgIpc) is 2.57. The summed E-state index contributed by atoms with van der Waals surface area (Å²) in [5, 5.41) is 7.98. The fourth-order valence-corrected chi connectivity index (χ4v) is 3.83. The summed E-state index contributed by atoms with van der Waals surface area (Å²) in [6, 6.07) is 6.13. The molecular formula is C19H25N5O. The Kier molecular flexibility index (Phi) is 4.51. The molecule has 0 unspecified atom stereocenters. The van der Waals surface area contributed by atoms with Gasteiger partial charge in [0.2, 0.25) is 0 Å². The van der Waals surface area contributed by atoms with Gasteiger partial charge in [0.1, 0.15) is 12.1 Å². The van der Waals surface area contributed by atoms with Crippen LogP contribution in [0.2, 0.25) is 0 Å². The van der Waals surface area contributed by atoms with Crippen LogP contribution in [0.15, 0.2) is 29.3 Å². The molecule has 6 heteroatoms. The summed E-state index contributed by atoms with van der Waals surface area (Å²) in [6.07, 6.45) is 9.47. The highest BCUT2D eigenvalue weighted by Gasteiger charge is 2.25. The molecule has 0 aliphatic heterocycles. The van der Waals surface area contributed by atoms with Crippen molar-refractivity contribution in [3.63, 3.8) is 0 Å². The van der Waals surface area contributed by atoms with Crippen molar-refractivity contribution in [2.24, 2.45) is 0 Å². The molecule has 132 valence electrons. The summed E-state index contributed by atoms with van der Waals surface area (Å²) in [5.74, 6) is 1.56. The number of nitrogens with zero attached hydrogens (tertiary/aromatic N) is 4. The standard InChI is InChI=1S/C19H25N5O/c1-13-5-10-19(25)24(23-13)16-8-6-15(7-9-16)22-18-11-17(20-12-21-18)14-3-2-4-14/h5,10-12,14-16H,2-4,6-9H2,1H3,(H,20,21,22).